The van der Waals surface area contributed by atoms with Gasteiger partial charge in [0.1, 0.15) is 0 Å². The third kappa shape index (κ3) is 4.12. The summed E-state index contributed by atoms with van der Waals surface area (Å²) in [4.78, 5) is 12.9. The van der Waals surface area contributed by atoms with Gasteiger partial charge in [0.25, 0.3) is 0 Å². The van der Waals surface area contributed by atoms with Crippen molar-refractivity contribution in [2.75, 3.05) is 0 Å². The summed E-state index contributed by atoms with van der Waals surface area (Å²) < 4.78 is 0. The molecule has 0 spiro atoms. The zero-order chi connectivity index (χ0) is 17.8. The van der Waals surface area contributed by atoms with Crippen molar-refractivity contribution >= 4 is 5.91 Å². The van der Waals surface area contributed by atoms with Crippen LogP contribution in [0.4, 0.5) is 0 Å². The first kappa shape index (κ1) is 17.7. The highest BCUT2D eigenvalue weighted by molar-refractivity contribution is 5.84. The van der Waals surface area contributed by atoms with Crippen molar-refractivity contribution in [2.24, 2.45) is 5.92 Å². The van der Waals surface area contributed by atoms with Gasteiger partial charge >= 0.3 is 0 Å². The number of amides is 1. The number of nitrogens with one attached hydrogen (secondary N) is 1. The van der Waals surface area contributed by atoms with Gasteiger partial charge in [0.2, 0.25) is 5.91 Å². The van der Waals surface area contributed by atoms with E-state index in [-0.39, 0.29) is 23.8 Å². The van der Waals surface area contributed by atoms with Crippen molar-refractivity contribution < 1.29 is 4.79 Å². The standard InChI is InChI=1S/C23H29NO/c1-16(2)22(19-10-5-4-6-11-19)23(25)24-17(3)20-14-13-18-9-7-8-12-21(18)15-20/h4-6,10-11,13-17,22H,7-9,12H2,1-3H3,(H,24,25)/t17-,22+/m1/s1. The summed E-state index contributed by atoms with van der Waals surface area (Å²) >= 11 is 0. The maximum Gasteiger partial charge on any atom is 0.228 e. The molecule has 2 atom stereocenters. The van der Waals surface area contributed by atoms with Gasteiger partial charge in [0.15, 0.2) is 0 Å². The maximum absolute atomic E-state index is 12.9. The first-order valence-electron chi connectivity index (χ1n) is 9.53. The Bertz CT molecular complexity index is 720. The van der Waals surface area contributed by atoms with Gasteiger partial charge in [-0.1, -0.05) is 62.4 Å². The highest BCUT2D eigenvalue weighted by Gasteiger charge is 2.25. The Kier molecular flexibility index (Phi) is 5.57. The molecule has 0 saturated carbocycles. The lowest BCUT2D eigenvalue weighted by Crippen LogP contribution is -2.34. The normalized spacial score (nSPS) is 16.2. The summed E-state index contributed by atoms with van der Waals surface area (Å²) in [5, 5.41) is 3.24. The van der Waals surface area contributed by atoms with Crippen molar-refractivity contribution in [2.45, 2.75) is 58.4 Å². The third-order valence-corrected chi connectivity index (χ3v) is 5.34. The largest absolute Gasteiger partial charge is 0.349 e. The molecule has 0 bridgehead atoms. The number of benzene rings is 2. The van der Waals surface area contributed by atoms with E-state index in [0.29, 0.717) is 0 Å². The topological polar surface area (TPSA) is 29.1 Å². The van der Waals surface area contributed by atoms with E-state index >= 15 is 0 Å². The maximum atomic E-state index is 12.9. The first-order chi connectivity index (χ1) is 12.1. The minimum absolute atomic E-state index is 0.0321. The summed E-state index contributed by atoms with van der Waals surface area (Å²) in [5.41, 5.74) is 5.25. The molecule has 2 heteroatoms. The molecule has 0 aliphatic heterocycles. The molecule has 2 aromatic carbocycles. The van der Waals surface area contributed by atoms with E-state index in [1.54, 1.807) is 0 Å². The molecule has 1 aliphatic carbocycles. The molecule has 1 aliphatic rings. The van der Waals surface area contributed by atoms with Gasteiger partial charge in [-0.15, -0.1) is 0 Å². The SMILES string of the molecule is CC(C)[C@H](C(=O)N[C@H](C)c1ccc2c(c1)CCCC2)c1ccccc1. The van der Waals surface area contributed by atoms with E-state index < -0.39 is 0 Å². The fourth-order valence-electron chi connectivity index (χ4n) is 3.91. The Morgan fingerprint density at radius 2 is 1.56 bits per heavy atom. The van der Waals surface area contributed by atoms with Crippen molar-refractivity contribution in [3.63, 3.8) is 0 Å². The fourth-order valence-corrected chi connectivity index (χ4v) is 3.91. The third-order valence-electron chi connectivity index (χ3n) is 5.34. The molecular formula is C23H29NO. The zero-order valence-corrected chi connectivity index (χ0v) is 15.6. The number of hydrogen-bond acceptors (Lipinski definition) is 1. The Hall–Kier alpha value is -2.09. The number of aryl methyl sites for hydroxylation is 2. The predicted octanol–water partition coefficient (Wildman–Crippen LogP) is 5.18. The quantitative estimate of drug-likeness (QED) is 0.801. The molecule has 2 aromatic rings. The number of hydrogen-bond donors (Lipinski definition) is 1. The molecule has 3 rings (SSSR count). The number of carbonyl (C=O) groups is 1. The lowest BCUT2D eigenvalue weighted by atomic mass is 9.87. The van der Waals surface area contributed by atoms with Gasteiger partial charge in [-0.2, -0.15) is 0 Å². The van der Waals surface area contributed by atoms with Crippen LogP contribution in [0, 0.1) is 5.92 Å². The molecule has 25 heavy (non-hydrogen) atoms. The summed E-state index contributed by atoms with van der Waals surface area (Å²) in [7, 11) is 0. The van der Waals surface area contributed by atoms with Crippen LogP contribution in [0.25, 0.3) is 0 Å². The minimum atomic E-state index is -0.110. The number of fused-ring (bicyclic) bond motifs is 1. The Morgan fingerprint density at radius 1 is 0.880 bits per heavy atom. The minimum Gasteiger partial charge on any atom is -0.349 e. The molecule has 0 heterocycles. The van der Waals surface area contributed by atoms with Crippen molar-refractivity contribution in [3.8, 4) is 0 Å². The fraction of sp³-hybridized carbons (Fsp3) is 0.435. The highest BCUT2D eigenvalue weighted by atomic mass is 16.1. The van der Waals surface area contributed by atoms with Gasteiger partial charge in [0.05, 0.1) is 12.0 Å². The molecule has 0 saturated heterocycles. The van der Waals surface area contributed by atoms with Crippen LogP contribution in [0.1, 0.15) is 67.8 Å². The second kappa shape index (κ2) is 7.86. The summed E-state index contributed by atoms with van der Waals surface area (Å²) in [6.07, 6.45) is 4.94. The average Bonchev–Trinajstić information content (AvgIpc) is 2.62. The van der Waals surface area contributed by atoms with Gasteiger partial charge in [-0.3, -0.25) is 4.79 Å². The van der Waals surface area contributed by atoms with Crippen LogP contribution in [-0.2, 0) is 17.6 Å². The van der Waals surface area contributed by atoms with Gasteiger partial charge in [-0.25, -0.2) is 0 Å². The molecule has 1 N–H and O–H groups in total. The van der Waals surface area contributed by atoms with Crippen LogP contribution in [0.5, 0.6) is 0 Å². The van der Waals surface area contributed by atoms with Crippen LogP contribution in [0.2, 0.25) is 0 Å². The van der Waals surface area contributed by atoms with Crippen LogP contribution in [0.15, 0.2) is 48.5 Å². The predicted molar refractivity (Wildman–Crippen MR) is 104 cm³/mol. The summed E-state index contributed by atoms with van der Waals surface area (Å²) in [6.45, 7) is 6.31. The van der Waals surface area contributed by atoms with Gasteiger partial charge in [-0.05, 0) is 60.8 Å². The molecule has 0 fully saturated rings. The molecular weight excluding hydrogens is 306 g/mol. The van der Waals surface area contributed by atoms with E-state index in [1.165, 1.54) is 42.4 Å². The lowest BCUT2D eigenvalue weighted by Gasteiger charge is -2.24. The second-order valence-electron chi connectivity index (χ2n) is 7.60. The molecule has 0 aromatic heterocycles. The Balaban J connectivity index is 1.75. The van der Waals surface area contributed by atoms with Crippen molar-refractivity contribution in [3.05, 3.63) is 70.8 Å². The lowest BCUT2D eigenvalue weighted by molar-refractivity contribution is -0.124. The van der Waals surface area contributed by atoms with E-state index in [4.69, 9.17) is 0 Å². The number of rotatable bonds is 5. The van der Waals surface area contributed by atoms with Gasteiger partial charge < -0.3 is 5.32 Å². The van der Waals surface area contributed by atoms with E-state index in [0.717, 1.165) is 5.56 Å². The van der Waals surface area contributed by atoms with E-state index in [2.05, 4.69) is 44.3 Å². The molecule has 0 radical (unpaired) electrons. The van der Waals surface area contributed by atoms with Crippen LogP contribution in [-0.4, -0.2) is 5.91 Å². The molecule has 1 amide bonds. The zero-order valence-electron chi connectivity index (χ0n) is 15.6. The van der Waals surface area contributed by atoms with E-state index in [9.17, 15) is 4.79 Å². The first-order valence-corrected chi connectivity index (χ1v) is 9.53. The monoisotopic (exact) mass is 335 g/mol. The Labute approximate surface area is 151 Å². The van der Waals surface area contributed by atoms with Crippen LogP contribution >= 0.6 is 0 Å². The molecule has 2 nitrogen and oxygen atoms in total. The van der Waals surface area contributed by atoms with Crippen molar-refractivity contribution in [1.82, 2.24) is 5.32 Å². The smallest absolute Gasteiger partial charge is 0.228 e. The average molecular weight is 335 g/mol. The van der Waals surface area contributed by atoms with E-state index in [1.807, 2.05) is 30.3 Å². The molecule has 0 unspecified atom stereocenters. The highest BCUT2D eigenvalue weighted by Crippen LogP contribution is 2.27. The number of carbonyl (C=O) groups excluding carboxylic acids is 1. The second-order valence-corrected chi connectivity index (χ2v) is 7.60. The van der Waals surface area contributed by atoms with Crippen molar-refractivity contribution in [1.29, 1.82) is 0 Å². The Morgan fingerprint density at radius 3 is 2.24 bits per heavy atom. The van der Waals surface area contributed by atoms with Gasteiger partial charge in [0, 0.05) is 0 Å². The molecule has 132 valence electrons. The summed E-state index contributed by atoms with van der Waals surface area (Å²) in [6, 6.07) is 16.9. The van der Waals surface area contributed by atoms with Crippen LogP contribution in [0.3, 0.4) is 0 Å². The summed E-state index contributed by atoms with van der Waals surface area (Å²) in [5.74, 6) is 0.269. The van der Waals surface area contributed by atoms with Crippen LogP contribution < -0.4 is 5.32 Å².